The van der Waals surface area contributed by atoms with E-state index in [1.54, 1.807) is 35.8 Å². The second kappa shape index (κ2) is 5.93. The quantitative estimate of drug-likeness (QED) is 0.488. The van der Waals surface area contributed by atoms with Crippen molar-refractivity contribution >= 4 is 39.7 Å². The number of fused-ring (bicyclic) bond motifs is 1. The third-order valence-corrected chi connectivity index (χ3v) is 3.85. The Hall–Kier alpha value is -3.14. The van der Waals surface area contributed by atoms with E-state index in [-0.39, 0.29) is 11.6 Å². The summed E-state index contributed by atoms with van der Waals surface area (Å²) in [4.78, 5) is 26.3. The molecule has 0 bridgehead atoms. The van der Waals surface area contributed by atoms with E-state index in [4.69, 9.17) is 5.73 Å². The van der Waals surface area contributed by atoms with E-state index in [0.717, 1.165) is 5.56 Å². The van der Waals surface area contributed by atoms with Crippen molar-refractivity contribution in [1.29, 1.82) is 0 Å². The SMILES string of the molecule is NC(=O)Nc1ccc(CNc2nc3sccn3c2[N+](=O)[O-])cc1. The molecule has 3 rings (SSSR count). The molecule has 2 aromatic heterocycles. The van der Waals surface area contributed by atoms with E-state index in [1.165, 1.54) is 15.7 Å². The average Bonchev–Trinajstić information content (AvgIpc) is 3.05. The minimum atomic E-state index is -0.635. The highest BCUT2D eigenvalue weighted by Crippen LogP contribution is 2.28. The van der Waals surface area contributed by atoms with E-state index >= 15 is 0 Å². The molecule has 10 heteroatoms. The third kappa shape index (κ3) is 3.06. The zero-order chi connectivity index (χ0) is 16.4. The van der Waals surface area contributed by atoms with Gasteiger partial charge in [-0.15, -0.1) is 0 Å². The smallest absolute Gasteiger partial charge is 0.359 e. The number of hydrogen-bond acceptors (Lipinski definition) is 6. The molecular weight excluding hydrogens is 320 g/mol. The van der Waals surface area contributed by atoms with E-state index in [2.05, 4.69) is 15.6 Å². The van der Waals surface area contributed by atoms with Crippen LogP contribution in [0.2, 0.25) is 0 Å². The number of rotatable bonds is 5. The van der Waals surface area contributed by atoms with Gasteiger partial charge in [-0.3, -0.25) is 0 Å². The molecule has 2 amide bonds. The van der Waals surface area contributed by atoms with Gasteiger partial charge in [0.05, 0.1) is 0 Å². The predicted molar refractivity (Wildman–Crippen MR) is 86.7 cm³/mol. The normalized spacial score (nSPS) is 10.6. The summed E-state index contributed by atoms with van der Waals surface area (Å²) >= 11 is 1.32. The second-order valence-electron chi connectivity index (χ2n) is 4.64. The lowest BCUT2D eigenvalue weighted by Gasteiger charge is -2.06. The van der Waals surface area contributed by atoms with Crippen LogP contribution in [-0.4, -0.2) is 20.3 Å². The molecule has 9 nitrogen and oxygen atoms in total. The van der Waals surface area contributed by atoms with Gasteiger partial charge < -0.3 is 26.5 Å². The van der Waals surface area contributed by atoms with Gasteiger partial charge in [0.1, 0.15) is 6.20 Å². The molecule has 0 radical (unpaired) electrons. The fraction of sp³-hybridized carbons (Fsp3) is 0.0769. The molecule has 1 aromatic carbocycles. The highest BCUT2D eigenvalue weighted by atomic mass is 32.1. The topological polar surface area (TPSA) is 128 Å². The number of hydrogen-bond donors (Lipinski definition) is 3. The summed E-state index contributed by atoms with van der Waals surface area (Å²) in [5.41, 5.74) is 6.49. The van der Waals surface area contributed by atoms with Crippen LogP contribution in [-0.2, 0) is 6.54 Å². The van der Waals surface area contributed by atoms with Gasteiger partial charge in [0.15, 0.2) is 0 Å². The Bertz CT molecular complexity index is 870. The minimum absolute atomic E-state index is 0.0896. The summed E-state index contributed by atoms with van der Waals surface area (Å²) in [6.07, 6.45) is 1.61. The van der Waals surface area contributed by atoms with Crippen molar-refractivity contribution in [2.75, 3.05) is 10.6 Å². The van der Waals surface area contributed by atoms with E-state index in [9.17, 15) is 14.9 Å². The summed E-state index contributed by atoms with van der Waals surface area (Å²) < 4.78 is 1.44. The highest BCUT2D eigenvalue weighted by Gasteiger charge is 2.23. The third-order valence-electron chi connectivity index (χ3n) is 3.09. The van der Waals surface area contributed by atoms with Crippen LogP contribution in [0.15, 0.2) is 35.8 Å². The van der Waals surface area contributed by atoms with E-state index in [0.29, 0.717) is 17.2 Å². The number of amides is 2. The Morgan fingerprint density at radius 1 is 1.39 bits per heavy atom. The van der Waals surface area contributed by atoms with Crippen molar-refractivity contribution in [3.63, 3.8) is 0 Å². The van der Waals surface area contributed by atoms with Gasteiger partial charge in [-0.2, -0.15) is 9.38 Å². The number of imidazole rings is 1. The lowest BCUT2D eigenvalue weighted by atomic mass is 10.2. The molecule has 0 saturated heterocycles. The highest BCUT2D eigenvalue weighted by molar-refractivity contribution is 7.15. The number of urea groups is 1. The number of thiazole rings is 1. The van der Waals surface area contributed by atoms with Gasteiger partial charge in [-0.1, -0.05) is 23.5 Å². The number of nitro groups is 1. The molecule has 4 N–H and O–H groups in total. The van der Waals surface area contributed by atoms with Gasteiger partial charge in [-0.05, 0) is 22.6 Å². The van der Waals surface area contributed by atoms with Crippen LogP contribution in [0.4, 0.5) is 22.1 Å². The first kappa shape index (κ1) is 14.8. The number of primary amides is 1. The molecule has 2 heterocycles. The van der Waals surface area contributed by atoms with Crippen LogP contribution >= 0.6 is 11.3 Å². The second-order valence-corrected chi connectivity index (χ2v) is 5.51. The zero-order valence-corrected chi connectivity index (χ0v) is 12.5. The Morgan fingerprint density at radius 3 is 2.78 bits per heavy atom. The van der Waals surface area contributed by atoms with Crippen molar-refractivity contribution in [2.45, 2.75) is 6.54 Å². The van der Waals surface area contributed by atoms with Crippen LogP contribution in [0.1, 0.15) is 5.56 Å². The first-order valence-electron chi connectivity index (χ1n) is 6.54. The summed E-state index contributed by atoms with van der Waals surface area (Å²) in [7, 11) is 0. The van der Waals surface area contributed by atoms with Gasteiger partial charge in [0.25, 0.3) is 4.96 Å². The molecular formula is C13H12N6O3S. The number of nitrogens with zero attached hydrogens (tertiary/aromatic N) is 3. The number of nitrogens with two attached hydrogens (primary N) is 1. The van der Waals surface area contributed by atoms with E-state index < -0.39 is 11.0 Å². The molecule has 0 aliphatic rings. The van der Waals surface area contributed by atoms with Gasteiger partial charge in [0, 0.05) is 17.6 Å². The molecule has 3 aromatic rings. The first-order valence-corrected chi connectivity index (χ1v) is 7.42. The summed E-state index contributed by atoms with van der Waals surface area (Å²) in [6, 6.07) is 6.32. The Kier molecular flexibility index (Phi) is 3.81. The van der Waals surface area contributed by atoms with Crippen molar-refractivity contribution in [2.24, 2.45) is 5.73 Å². The molecule has 0 unspecified atom stereocenters. The van der Waals surface area contributed by atoms with Crippen LogP contribution in [0.5, 0.6) is 0 Å². The fourth-order valence-electron chi connectivity index (χ4n) is 2.10. The van der Waals surface area contributed by atoms with Gasteiger partial charge >= 0.3 is 11.8 Å². The minimum Gasteiger partial charge on any atom is -0.359 e. The molecule has 0 spiro atoms. The summed E-state index contributed by atoms with van der Waals surface area (Å²) in [6.45, 7) is 0.364. The predicted octanol–water partition coefficient (Wildman–Crippen LogP) is 2.41. The Balaban J connectivity index is 1.75. The zero-order valence-electron chi connectivity index (χ0n) is 11.7. The maximum absolute atomic E-state index is 11.2. The summed E-state index contributed by atoms with van der Waals surface area (Å²) in [5, 5.41) is 18.4. The van der Waals surface area contributed by atoms with Crippen LogP contribution in [0, 0.1) is 10.1 Å². The fourth-order valence-corrected chi connectivity index (χ4v) is 2.81. The van der Waals surface area contributed by atoms with Gasteiger partial charge in [-0.25, -0.2) is 4.79 Å². The standard InChI is InChI=1S/C13H12N6O3S/c14-12(20)16-9-3-1-8(2-4-9)7-15-10-11(19(21)22)18-5-6-23-13(18)17-10/h1-6,15H,7H2,(H3,14,16,20). The Morgan fingerprint density at radius 2 is 2.13 bits per heavy atom. The number of carbonyl (C=O) groups excluding carboxylic acids is 1. The monoisotopic (exact) mass is 332 g/mol. The lowest BCUT2D eigenvalue weighted by molar-refractivity contribution is -0.389. The number of benzene rings is 1. The lowest BCUT2D eigenvalue weighted by Crippen LogP contribution is -2.19. The van der Waals surface area contributed by atoms with Crippen LogP contribution in [0.25, 0.3) is 4.96 Å². The Labute approximate surface area is 133 Å². The van der Waals surface area contributed by atoms with Crippen molar-refractivity contribution in [3.8, 4) is 0 Å². The maximum atomic E-state index is 11.2. The number of anilines is 2. The first-order chi connectivity index (χ1) is 11.0. The van der Waals surface area contributed by atoms with E-state index in [1.807, 2.05) is 0 Å². The van der Waals surface area contributed by atoms with Crippen molar-refractivity contribution in [1.82, 2.24) is 9.38 Å². The number of aromatic nitrogens is 2. The molecule has 118 valence electrons. The van der Waals surface area contributed by atoms with Crippen LogP contribution in [0.3, 0.4) is 0 Å². The van der Waals surface area contributed by atoms with Gasteiger partial charge in [0.2, 0.25) is 5.82 Å². The molecule has 0 saturated carbocycles. The largest absolute Gasteiger partial charge is 0.372 e. The maximum Gasteiger partial charge on any atom is 0.372 e. The van der Waals surface area contributed by atoms with Crippen molar-refractivity contribution < 1.29 is 9.72 Å². The van der Waals surface area contributed by atoms with Crippen molar-refractivity contribution in [3.05, 3.63) is 51.5 Å². The van der Waals surface area contributed by atoms with Crippen LogP contribution < -0.4 is 16.4 Å². The molecule has 0 atom stereocenters. The molecule has 23 heavy (non-hydrogen) atoms. The molecule has 0 aliphatic carbocycles. The number of carbonyl (C=O) groups is 1. The average molecular weight is 332 g/mol. The summed E-state index contributed by atoms with van der Waals surface area (Å²) in [5.74, 6) is 0.134. The molecule has 0 aliphatic heterocycles. The number of nitrogens with one attached hydrogen (secondary N) is 2. The molecule has 0 fully saturated rings.